The average Bonchev–Trinajstić information content (AvgIpc) is 2.68. The summed E-state index contributed by atoms with van der Waals surface area (Å²) in [4.78, 5) is 27.2. The second-order valence-electron chi connectivity index (χ2n) is 6.31. The third kappa shape index (κ3) is 3.72. The van der Waals surface area contributed by atoms with Gasteiger partial charge >= 0.3 is 0 Å². The number of benzene rings is 1. The van der Waals surface area contributed by atoms with Crippen molar-refractivity contribution < 1.29 is 9.53 Å². The quantitative estimate of drug-likeness (QED) is 0.752. The number of carbonyl (C=O) groups excluding carboxylic acids is 1. The molecular formula is C20H19N5O2. The molecule has 7 nitrogen and oxygen atoms in total. The maximum absolute atomic E-state index is 12.4. The van der Waals surface area contributed by atoms with E-state index in [2.05, 4.69) is 25.2 Å². The van der Waals surface area contributed by atoms with Crippen molar-refractivity contribution in [1.82, 2.24) is 15.0 Å². The Bertz CT molecular complexity index is 925. The molecule has 0 unspecified atom stereocenters. The first-order valence-electron chi connectivity index (χ1n) is 8.66. The van der Waals surface area contributed by atoms with Crippen molar-refractivity contribution in [3.05, 3.63) is 61.1 Å². The summed E-state index contributed by atoms with van der Waals surface area (Å²) in [6, 6.07) is 15.4. The Hall–Kier alpha value is -3.48. The van der Waals surface area contributed by atoms with Crippen LogP contribution in [0, 0.1) is 5.92 Å². The minimum Gasteiger partial charge on any atom is -0.481 e. The Kier molecular flexibility index (Phi) is 4.65. The van der Waals surface area contributed by atoms with Gasteiger partial charge in [-0.2, -0.15) is 0 Å². The molecule has 136 valence electrons. The van der Waals surface area contributed by atoms with Crippen LogP contribution >= 0.6 is 0 Å². The molecule has 1 aliphatic rings. The maximum Gasteiger partial charge on any atom is 0.231 e. The summed E-state index contributed by atoms with van der Waals surface area (Å²) in [6.07, 6.45) is 3.15. The molecule has 0 aliphatic carbocycles. The summed E-state index contributed by atoms with van der Waals surface area (Å²) in [5.74, 6) is 1.25. The number of carbonyl (C=O) groups is 1. The molecule has 0 spiro atoms. The molecule has 1 fully saturated rings. The van der Waals surface area contributed by atoms with Crippen LogP contribution in [0.1, 0.15) is 0 Å². The zero-order valence-electron chi connectivity index (χ0n) is 14.9. The number of ether oxygens (including phenoxy) is 1. The number of nitrogens with one attached hydrogen (secondary N) is 1. The molecule has 3 aromatic rings. The van der Waals surface area contributed by atoms with E-state index in [4.69, 9.17) is 4.74 Å². The molecule has 0 saturated carbocycles. The van der Waals surface area contributed by atoms with Crippen LogP contribution in [0.15, 0.2) is 61.1 Å². The van der Waals surface area contributed by atoms with E-state index >= 15 is 0 Å². The molecule has 2 aromatic heterocycles. The van der Waals surface area contributed by atoms with E-state index in [1.54, 1.807) is 31.8 Å². The summed E-state index contributed by atoms with van der Waals surface area (Å²) in [7, 11) is 1.56. The number of pyridine rings is 1. The lowest BCUT2D eigenvalue weighted by Gasteiger charge is -2.39. The van der Waals surface area contributed by atoms with E-state index < -0.39 is 0 Å². The van der Waals surface area contributed by atoms with E-state index in [1.165, 1.54) is 0 Å². The molecule has 1 aliphatic heterocycles. The molecule has 4 rings (SSSR count). The zero-order valence-corrected chi connectivity index (χ0v) is 14.9. The van der Waals surface area contributed by atoms with Gasteiger partial charge in [-0.15, -0.1) is 0 Å². The van der Waals surface area contributed by atoms with Gasteiger partial charge < -0.3 is 15.0 Å². The van der Waals surface area contributed by atoms with Crippen LogP contribution in [0.2, 0.25) is 0 Å². The molecule has 7 heteroatoms. The smallest absolute Gasteiger partial charge is 0.231 e. The number of hydrogen-bond donors (Lipinski definition) is 1. The van der Waals surface area contributed by atoms with Crippen LogP contribution in [0.25, 0.3) is 11.3 Å². The van der Waals surface area contributed by atoms with Gasteiger partial charge in [0.1, 0.15) is 12.1 Å². The van der Waals surface area contributed by atoms with Crippen molar-refractivity contribution in [1.29, 1.82) is 0 Å². The standard InChI is InChI=1S/C20H19N5O2/c1-27-19-8-7-16(10-21-19)24-20(26)15-11-25(12-15)18-9-17(22-13-23-18)14-5-3-2-4-6-14/h2-10,13,15H,11-12H2,1H3,(H,24,26). The minimum absolute atomic E-state index is 0.0180. The second-order valence-corrected chi connectivity index (χ2v) is 6.31. The van der Waals surface area contributed by atoms with Crippen LogP contribution in [-0.4, -0.2) is 41.1 Å². The van der Waals surface area contributed by atoms with Crippen molar-refractivity contribution in [2.75, 3.05) is 30.4 Å². The van der Waals surface area contributed by atoms with Crippen LogP contribution in [0.4, 0.5) is 11.5 Å². The van der Waals surface area contributed by atoms with Gasteiger partial charge in [0.05, 0.1) is 30.6 Å². The van der Waals surface area contributed by atoms with E-state index in [1.807, 2.05) is 36.4 Å². The lowest BCUT2D eigenvalue weighted by molar-refractivity contribution is -0.120. The molecule has 1 amide bonds. The fourth-order valence-electron chi connectivity index (χ4n) is 2.94. The van der Waals surface area contributed by atoms with Crippen molar-refractivity contribution in [3.63, 3.8) is 0 Å². The fraction of sp³-hybridized carbons (Fsp3) is 0.200. The van der Waals surface area contributed by atoms with E-state index in [-0.39, 0.29) is 11.8 Å². The van der Waals surface area contributed by atoms with Crippen molar-refractivity contribution in [2.45, 2.75) is 0 Å². The monoisotopic (exact) mass is 361 g/mol. The first kappa shape index (κ1) is 17.0. The highest BCUT2D eigenvalue weighted by Gasteiger charge is 2.33. The predicted octanol–water partition coefficient (Wildman–Crippen LogP) is 2.62. The molecule has 1 aromatic carbocycles. The lowest BCUT2D eigenvalue weighted by atomic mass is 9.99. The molecule has 0 bridgehead atoms. The molecule has 1 N–H and O–H groups in total. The van der Waals surface area contributed by atoms with Crippen LogP contribution in [0.3, 0.4) is 0 Å². The van der Waals surface area contributed by atoms with Gasteiger partial charge in [-0.1, -0.05) is 30.3 Å². The zero-order chi connectivity index (χ0) is 18.6. The number of aromatic nitrogens is 3. The van der Waals surface area contributed by atoms with Crippen molar-refractivity contribution in [3.8, 4) is 17.1 Å². The number of nitrogens with zero attached hydrogens (tertiary/aromatic N) is 4. The van der Waals surface area contributed by atoms with Crippen LogP contribution < -0.4 is 15.0 Å². The van der Waals surface area contributed by atoms with Crippen LogP contribution in [0.5, 0.6) is 5.88 Å². The van der Waals surface area contributed by atoms with Gasteiger partial charge in [0.2, 0.25) is 11.8 Å². The molecule has 0 radical (unpaired) electrons. The minimum atomic E-state index is -0.0813. The Labute approximate surface area is 157 Å². The Morgan fingerprint density at radius 2 is 1.93 bits per heavy atom. The van der Waals surface area contributed by atoms with Crippen molar-refractivity contribution in [2.24, 2.45) is 5.92 Å². The summed E-state index contributed by atoms with van der Waals surface area (Å²) < 4.78 is 5.02. The van der Waals surface area contributed by atoms with Gasteiger partial charge in [0.15, 0.2) is 0 Å². The van der Waals surface area contributed by atoms with E-state index in [0.29, 0.717) is 24.7 Å². The molecular weight excluding hydrogens is 342 g/mol. The number of methoxy groups -OCH3 is 1. The van der Waals surface area contributed by atoms with Gasteiger partial charge in [-0.25, -0.2) is 15.0 Å². The predicted molar refractivity (Wildman–Crippen MR) is 103 cm³/mol. The largest absolute Gasteiger partial charge is 0.481 e. The lowest BCUT2D eigenvalue weighted by Crippen LogP contribution is -2.52. The first-order valence-corrected chi connectivity index (χ1v) is 8.66. The molecule has 27 heavy (non-hydrogen) atoms. The maximum atomic E-state index is 12.4. The highest BCUT2D eigenvalue weighted by Crippen LogP contribution is 2.26. The topological polar surface area (TPSA) is 80.2 Å². The number of anilines is 2. The number of amides is 1. The van der Waals surface area contributed by atoms with Gasteiger partial charge in [0.25, 0.3) is 0 Å². The highest BCUT2D eigenvalue weighted by atomic mass is 16.5. The molecule has 1 saturated heterocycles. The van der Waals surface area contributed by atoms with Gasteiger partial charge in [-0.05, 0) is 6.07 Å². The number of rotatable bonds is 5. The third-order valence-electron chi connectivity index (χ3n) is 4.51. The summed E-state index contributed by atoms with van der Waals surface area (Å²) in [5, 5.41) is 2.89. The first-order chi connectivity index (χ1) is 13.2. The summed E-state index contributed by atoms with van der Waals surface area (Å²) in [6.45, 7) is 1.25. The average molecular weight is 361 g/mol. The summed E-state index contributed by atoms with van der Waals surface area (Å²) in [5.41, 5.74) is 2.58. The fourth-order valence-corrected chi connectivity index (χ4v) is 2.94. The normalized spacial score (nSPS) is 13.7. The van der Waals surface area contributed by atoms with Crippen molar-refractivity contribution >= 4 is 17.4 Å². The Morgan fingerprint density at radius 3 is 2.63 bits per heavy atom. The highest BCUT2D eigenvalue weighted by molar-refractivity contribution is 5.94. The number of hydrogen-bond acceptors (Lipinski definition) is 6. The second kappa shape index (κ2) is 7.41. The Morgan fingerprint density at radius 1 is 1.11 bits per heavy atom. The van der Waals surface area contributed by atoms with Gasteiger partial charge in [-0.3, -0.25) is 4.79 Å². The molecule has 0 atom stereocenters. The Balaban J connectivity index is 1.37. The summed E-state index contributed by atoms with van der Waals surface area (Å²) >= 11 is 0. The van der Waals surface area contributed by atoms with Gasteiger partial charge in [0, 0.05) is 30.8 Å². The van der Waals surface area contributed by atoms with Crippen LogP contribution in [-0.2, 0) is 4.79 Å². The van der Waals surface area contributed by atoms with E-state index in [0.717, 1.165) is 17.1 Å². The third-order valence-corrected chi connectivity index (χ3v) is 4.51. The molecule has 3 heterocycles. The van der Waals surface area contributed by atoms with E-state index in [9.17, 15) is 4.79 Å². The SMILES string of the molecule is COc1ccc(NC(=O)C2CN(c3cc(-c4ccccc4)ncn3)C2)cn1.